The van der Waals surface area contributed by atoms with Crippen molar-refractivity contribution in [1.29, 1.82) is 0 Å². The van der Waals surface area contributed by atoms with E-state index in [0.717, 1.165) is 38.7 Å². The molecule has 0 aromatic heterocycles. The Labute approximate surface area is 121 Å². The van der Waals surface area contributed by atoms with E-state index in [9.17, 15) is 0 Å². The van der Waals surface area contributed by atoms with Gasteiger partial charge in [-0.3, -0.25) is 0 Å². The fourth-order valence-electron chi connectivity index (χ4n) is 3.24. The van der Waals surface area contributed by atoms with Crippen LogP contribution < -0.4 is 0 Å². The predicted molar refractivity (Wildman–Crippen MR) is 80.0 cm³/mol. The minimum absolute atomic E-state index is 0.315. The summed E-state index contributed by atoms with van der Waals surface area (Å²) < 4.78 is 11.2. The molecule has 0 bridgehead atoms. The molecule has 2 aliphatic rings. The lowest BCUT2D eigenvalue weighted by molar-refractivity contribution is -0.0930. The van der Waals surface area contributed by atoms with Crippen molar-refractivity contribution in [2.75, 3.05) is 39.5 Å². The number of benzene rings is 1. The van der Waals surface area contributed by atoms with Crippen molar-refractivity contribution in [3.8, 4) is 0 Å². The number of rotatable bonds is 4. The standard InChI is InChI=1S/C17H25NO2/c1-2-4-15(5-3-1)16-6-9-18(10-7-16)11-8-17-14-19-12-13-20-17/h1-5,16-17H,6-14H2. The molecule has 1 unspecified atom stereocenters. The fourth-order valence-corrected chi connectivity index (χ4v) is 3.24. The first-order chi connectivity index (χ1) is 9.92. The molecule has 20 heavy (non-hydrogen) atoms. The van der Waals surface area contributed by atoms with Crippen molar-refractivity contribution in [1.82, 2.24) is 4.90 Å². The van der Waals surface area contributed by atoms with E-state index < -0.39 is 0 Å². The highest BCUT2D eigenvalue weighted by molar-refractivity contribution is 5.19. The van der Waals surface area contributed by atoms with Gasteiger partial charge in [0.15, 0.2) is 0 Å². The average Bonchev–Trinajstić information content (AvgIpc) is 2.55. The highest BCUT2D eigenvalue weighted by Crippen LogP contribution is 2.27. The molecular formula is C17H25NO2. The molecule has 3 rings (SSSR count). The van der Waals surface area contributed by atoms with Gasteiger partial charge < -0.3 is 14.4 Å². The molecule has 2 fully saturated rings. The van der Waals surface area contributed by atoms with Gasteiger partial charge in [-0.1, -0.05) is 30.3 Å². The maximum atomic E-state index is 5.71. The van der Waals surface area contributed by atoms with Gasteiger partial charge in [-0.25, -0.2) is 0 Å². The van der Waals surface area contributed by atoms with E-state index in [1.165, 1.54) is 31.5 Å². The van der Waals surface area contributed by atoms with E-state index in [4.69, 9.17) is 9.47 Å². The molecule has 2 saturated heterocycles. The second-order valence-corrected chi connectivity index (χ2v) is 5.88. The van der Waals surface area contributed by atoms with Gasteiger partial charge in [0.1, 0.15) is 0 Å². The summed E-state index contributed by atoms with van der Waals surface area (Å²) >= 11 is 0. The molecule has 0 N–H and O–H groups in total. The Bertz CT molecular complexity index is 381. The monoisotopic (exact) mass is 275 g/mol. The van der Waals surface area contributed by atoms with Crippen LogP contribution in [-0.2, 0) is 9.47 Å². The molecule has 3 nitrogen and oxygen atoms in total. The van der Waals surface area contributed by atoms with Gasteiger partial charge in [-0.15, -0.1) is 0 Å². The zero-order chi connectivity index (χ0) is 13.6. The Morgan fingerprint density at radius 3 is 2.55 bits per heavy atom. The van der Waals surface area contributed by atoms with Gasteiger partial charge in [-0.2, -0.15) is 0 Å². The van der Waals surface area contributed by atoms with E-state index >= 15 is 0 Å². The third-order valence-electron chi connectivity index (χ3n) is 4.51. The molecule has 1 aromatic carbocycles. The molecule has 0 amide bonds. The van der Waals surface area contributed by atoms with Crippen LogP contribution >= 0.6 is 0 Å². The first-order valence-electron chi connectivity index (χ1n) is 7.88. The number of hydrogen-bond donors (Lipinski definition) is 0. The molecule has 2 aliphatic heterocycles. The average molecular weight is 275 g/mol. The fraction of sp³-hybridized carbons (Fsp3) is 0.647. The summed E-state index contributed by atoms with van der Waals surface area (Å²) in [5, 5.41) is 0. The lowest BCUT2D eigenvalue weighted by atomic mass is 9.89. The molecule has 0 aliphatic carbocycles. The summed E-state index contributed by atoms with van der Waals surface area (Å²) in [5.41, 5.74) is 1.51. The third kappa shape index (κ3) is 3.81. The maximum Gasteiger partial charge on any atom is 0.0821 e. The Morgan fingerprint density at radius 1 is 1.05 bits per heavy atom. The van der Waals surface area contributed by atoms with Gasteiger partial charge in [0.2, 0.25) is 0 Å². The summed E-state index contributed by atoms with van der Waals surface area (Å²) in [7, 11) is 0. The summed E-state index contributed by atoms with van der Waals surface area (Å²) in [6.07, 6.45) is 3.99. The zero-order valence-electron chi connectivity index (χ0n) is 12.2. The minimum Gasteiger partial charge on any atom is -0.376 e. The summed E-state index contributed by atoms with van der Waals surface area (Å²) in [4.78, 5) is 2.58. The van der Waals surface area contributed by atoms with E-state index in [-0.39, 0.29) is 0 Å². The quantitative estimate of drug-likeness (QED) is 0.843. The lowest BCUT2D eigenvalue weighted by Crippen LogP contribution is -2.37. The molecular weight excluding hydrogens is 250 g/mol. The van der Waals surface area contributed by atoms with Crippen LogP contribution in [0.2, 0.25) is 0 Å². The van der Waals surface area contributed by atoms with Crippen LogP contribution in [0, 0.1) is 0 Å². The molecule has 110 valence electrons. The van der Waals surface area contributed by atoms with Crippen LogP contribution in [-0.4, -0.2) is 50.5 Å². The number of ether oxygens (including phenoxy) is 2. The van der Waals surface area contributed by atoms with Crippen LogP contribution in [0.25, 0.3) is 0 Å². The highest BCUT2D eigenvalue weighted by Gasteiger charge is 2.22. The van der Waals surface area contributed by atoms with Crippen molar-refractivity contribution in [2.45, 2.75) is 31.3 Å². The van der Waals surface area contributed by atoms with Crippen LogP contribution in [0.4, 0.5) is 0 Å². The molecule has 0 spiro atoms. The highest BCUT2D eigenvalue weighted by atomic mass is 16.6. The zero-order valence-corrected chi connectivity index (χ0v) is 12.2. The third-order valence-corrected chi connectivity index (χ3v) is 4.51. The largest absolute Gasteiger partial charge is 0.376 e. The van der Waals surface area contributed by atoms with Crippen LogP contribution in [0.3, 0.4) is 0 Å². The maximum absolute atomic E-state index is 5.71. The Balaban J connectivity index is 1.40. The van der Waals surface area contributed by atoms with Crippen LogP contribution in [0.15, 0.2) is 30.3 Å². The molecule has 1 atom stereocenters. The van der Waals surface area contributed by atoms with Gasteiger partial charge in [-0.05, 0) is 43.8 Å². The second-order valence-electron chi connectivity index (χ2n) is 5.88. The Kier molecular flexibility index (Phi) is 5.06. The molecule has 1 aromatic rings. The summed E-state index contributed by atoms with van der Waals surface area (Å²) in [6, 6.07) is 11.0. The first-order valence-corrected chi connectivity index (χ1v) is 7.88. The minimum atomic E-state index is 0.315. The van der Waals surface area contributed by atoms with E-state index in [1.807, 2.05) is 0 Å². The van der Waals surface area contributed by atoms with Gasteiger partial charge in [0.05, 0.1) is 25.9 Å². The molecule has 2 heterocycles. The number of piperidine rings is 1. The van der Waals surface area contributed by atoms with E-state index in [1.54, 1.807) is 0 Å². The van der Waals surface area contributed by atoms with Gasteiger partial charge in [0, 0.05) is 6.54 Å². The Morgan fingerprint density at radius 2 is 1.85 bits per heavy atom. The SMILES string of the molecule is c1ccc(C2CCN(CCC3COCCO3)CC2)cc1. The number of hydrogen-bond acceptors (Lipinski definition) is 3. The molecule has 0 saturated carbocycles. The summed E-state index contributed by atoms with van der Waals surface area (Å²) in [5.74, 6) is 0.752. The Hall–Kier alpha value is -0.900. The van der Waals surface area contributed by atoms with Gasteiger partial charge >= 0.3 is 0 Å². The van der Waals surface area contributed by atoms with Crippen molar-refractivity contribution in [3.05, 3.63) is 35.9 Å². The van der Waals surface area contributed by atoms with Crippen LogP contribution in [0.5, 0.6) is 0 Å². The molecule has 0 radical (unpaired) electrons. The number of nitrogens with zero attached hydrogens (tertiary/aromatic N) is 1. The van der Waals surface area contributed by atoms with Crippen LogP contribution in [0.1, 0.15) is 30.7 Å². The first kappa shape index (κ1) is 14.1. The van der Waals surface area contributed by atoms with Crippen molar-refractivity contribution >= 4 is 0 Å². The summed E-state index contributed by atoms with van der Waals surface area (Å²) in [6.45, 7) is 5.88. The van der Waals surface area contributed by atoms with Crippen molar-refractivity contribution in [2.24, 2.45) is 0 Å². The van der Waals surface area contributed by atoms with Crippen molar-refractivity contribution < 1.29 is 9.47 Å². The topological polar surface area (TPSA) is 21.7 Å². The second kappa shape index (κ2) is 7.21. The van der Waals surface area contributed by atoms with Crippen molar-refractivity contribution in [3.63, 3.8) is 0 Å². The van der Waals surface area contributed by atoms with Gasteiger partial charge in [0.25, 0.3) is 0 Å². The molecule has 3 heteroatoms. The predicted octanol–water partition coefficient (Wildman–Crippen LogP) is 2.67. The smallest absolute Gasteiger partial charge is 0.0821 e. The van der Waals surface area contributed by atoms with E-state index in [0.29, 0.717) is 6.10 Å². The number of likely N-dealkylation sites (tertiary alicyclic amines) is 1. The normalized spacial score (nSPS) is 25.7. The lowest BCUT2D eigenvalue weighted by Gasteiger charge is -2.33. The van der Waals surface area contributed by atoms with E-state index in [2.05, 4.69) is 35.2 Å².